The molecule has 0 spiro atoms. The standard InChI is InChI=1S/C6H9N3.C4H6N2O.9Y/c1-4-7-5(2)9-6(3)8-4;1-3-5-6-4(2)7-3;;;;;;;;;/h1-3H3;1-2H3;;;;;;;;;. The molecule has 0 atom stereocenters. The van der Waals surface area contributed by atoms with E-state index in [2.05, 4.69) is 25.1 Å². The Balaban J connectivity index is -0.0000000217. The van der Waals surface area contributed by atoms with Gasteiger partial charge in [0.25, 0.3) is 0 Å². The van der Waals surface area contributed by atoms with Gasteiger partial charge in [0.15, 0.2) is 0 Å². The van der Waals surface area contributed by atoms with Crippen LogP contribution in [0.1, 0.15) is 29.3 Å². The van der Waals surface area contributed by atoms with Crippen molar-refractivity contribution in [2.24, 2.45) is 0 Å². The Hall–Kier alpha value is 8.09. The fourth-order valence-corrected chi connectivity index (χ4v) is 1.17. The Kier molecular flexibility index (Phi) is 86.1. The van der Waals surface area contributed by atoms with E-state index in [-0.39, 0.29) is 294 Å². The quantitative estimate of drug-likeness (QED) is 0.399. The van der Waals surface area contributed by atoms with Crippen molar-refractivity contribution in [3.05, 3.63) is 29.3 Å². The first-order valence-electron chi connectivity index (χ1n) is 4.90. The number of nitrogens with zero attached hydrogens (tertiary/aromatic N) is 5. The van der Waals surface area contributed by atoms with Crippen LogP contribution in [0.15, 0.2) is 4.42 Å². The van der Waals surface area contributed by atoms with Gasteiger partial charge in [0.2, 0.25) is 11.8 Å². The predicted octanol–water partition coefficient (Wildman–Crippen LogP) is 1.46. The van der Waals surface area contributed by atoms with E-state index in [9.17, 15) is 0 Å². The minimum absolute atomic E-state index is 0. The second-order valence-corrected chi connectivity index (χ2v) is 3.32. The zero-order valence-corrected chi connectivity index (χ0v) is 40.9. The molecule has 25 heavy (non-hydrogen) atoms. The summed E-state index contributed by atoms with van der Waals surface area (Å²) in [6.45, 7) is 9.12. The van der Waals surface area contributed by atoms with Gasteiger partial charge < -0.3 is 4.42 Å². The smallest absolute Gasteiger partial charge is 0.213 e. The van der Waals surface area contributed by atoms with Gasteiger partial charge in [0.05, 0.1) is 0 Å². The van der Waals surface area contributed by atoms with Crippen molar-refractivity contribution >= 4 is 0 Å². The van der Waals surface area contributed by atoms with E-state index >= 15 is 0 Å². The molecule has 2 aromatic heterocycles. The molecule has 113 valence electrons. The molecule has 0 amide bonds. The summed E-state index contributed by atoms with van der Waals surface area (Å²) in [6, 6.07) is 0. The van der Waals surface area contributed by atoms with Crippen LogP contribution in [-0.4, -0.2) is 25.1 Å². The molecule has 0 N–H and O–H groups in total. The SMILES string of the molecule is Cc1nc(C)nc(C)n1.Cc1nnc(C)o1.[Y].[Y].[Y].[Y].[Y].[Y].[Y].[Y].[Y]. The monoisotopic (exact) mass is 1020 g/mol. The van der Waals surface area contributed by atoms with Crippen LogP contribution in [0.4, 0.5) is 0 Å². The molecule has 15 heteroatoms. The largest absolute Gasteiger partial charge is 0.426 e. The van der Waals surface area contributed by atoms with Gasteiger partial charge in [-0.3, -0.25) is 0 Å². The maximum absolute atomic E-state index is 4.86. The first-order valence-corrected chi connectivity index (χ1v) is 4.90. The maximum Gasteiger partial charge on any atom is 0.213 e. The van der Waals surface area contributed by atoms with Crippen LogP contribution < -0.4 is 0 Å². The van der Waals surface area contributed by atoms with E-state index in [0.717, 1.165) is 17.5 Å². The minimum Gasteiger partial charge on any atom is -0.426 e. The Bertz CT molecular complexity index is 423. The van der Waals surface area contributed by atoms with Crippen LogP contribution >= 0.6 is 0 Å². The van der Waals surface area contributed by atoms with Crippen molar-refractivity contribution < 1.29 is 299 Å². The van der Waals surface area contributed by atoms with Gasteiger partial charge in [-0.25, -0.2) is 15.0 Å². The van der Waals surface area contributed by atoms with Crippen molar-refractivity contribution in [2.75, 3.05) is 0 Å². The van der Waals surface area contributed by atoms with Gasteiger partial charge in [-0.15, -0.1) is 10.2 Å². The third-order valence-electron chi connectivity index (χ3n) is 1.60. The third-order valence-corrected chi connectivity index (χ3v) is 1.60. The Morgan fingerprint density at radius 3 is 0.760 bits per heavy atom. The summed E-state index contributed by atoms with van der Waals surface area (Å²) >= 11 is 0. The summed E-state index contributed by atoms with van der Waals surface area (Å²) in [5.41, 5.74) is 0. The number of aromatic nitrogens is 5. The van der Waals surface area contributed by atoms with Gasteiger partial charge >= 0.3 is 0 Å². The molecule has 0 aliphatic carbocycles. The second kappa shape index (κ2) is 36.6. The van der Waals surface area contributed by atoms with Crippen LogP contribution in [0.5, 0.6) is 0 Å². The molecule has 0 fully saturated rings. The maximum atomic E-state index is 4.86. The van der Waals surface area contributed by atoms with Gasteiger partial charge in [0, 0.05) is 308 Å². The molecule has 0 bridgehead atoms. The van der Waals surface area contributed by atoms with E-state index in [4.69, 9.17) is 4.42 Å². The van der Waals surface area contributed by atoms with Crippen molar-refractivity contribution in [3.63, 3.8) is 0 Å². The van der Waals surface area contributed by atoms with Crippen molar-refractivity contribution in [2.45, 2.75) is 34.6 Å². The molecule has 2 rings (SSSR count). The molecule has 0 saturated heterocycles. The van der Waals surface area contributed by atoms with Gasteiger partial charge in [-0.2, -0.15) is 0 Å². The summed E-state index contributed by atoms with van der Waals surface area (Å²) < 4.78 is 4.86. The molecule has 0 unspecified atom stereocenters. The molecular formula is C10H15N5OY9. The fraction of sp³-hybridized carbons (Fsp3) is 0.500. The van der Waals surface area contributed by atoms with E-state index in [1.807, 2.05) is 20.8 Å². The van der Waals surface area contributed by atoms with Crippen LogP contribution in [0, 0.1) is 34.6 Å². The topological polar surface area (TPSA) is 77.6 Å². The zero-order valence-electron chi connectivity index (χ0n) is 15.3. The number of hydrogen-bond acceptors (Lipinski definition) is 6. The van der Waals surface area contributed by atoms with Crippen LogP contribution in [0.3, 0.4) is 0 Å². The third kappa shape index (κ3) is 34.3. The summed E-state index contributed by atoms with van der Waals surface area (Å²) in [5.74, 6) is 3.62. The van der Waals surface area contributed by atoms with E-state index in [1.54, 1.807) is 13.8 Å². The summed E-state index contributed by atoms with van der Waals surface area (Å²) in [5, 5.41) is 7.20. The Labute approximate surface area is 377 Å². The summed E-state index contributed by atoms with van der Waals surface area (Å²) in [6.07, 6.45) is 0. The van der Waals surface area contributed by atoms with Crippen LogP contribution in [0.25, 0.3) is 0 Å². The van der Waals surface area contributed by atoms with Gasteiger partial charge in [0.1, 0.15) is 17.5 Å². The van der Waals surface area contributed by atoms with Gasteiger partial charge in [-0.05, 0) is 20.8 Å². The molecule has 0 saturated carbocycles. The molecule has 2 aromatic rings. The summed E-state index contributed by atoms with van der Waals surface area (Å²) in [7, 11) is 0. The first kappa shape index (κ1) is 58.7. The Morgan fingerprint density at radius 1 is 0.440 bits per heavy atom. The predicted molar refractivity (Wildman–Crippen MR) is 57.8 cm³/mol. The number of hydrogen-bond donors (Lipinski definition) is 0. The second-order valence-electron chi connectivity index (χ2n) is 3.32. The summed E-state index contributed by atoms with van der Waals surface area (Å²) in [4.78, 5) is 12.0. The first-order chi connectivity index (χ1) is 7.47. The molecule has 9 radical (unpaired) electrons. The van der Waals surface area contributed by atoms with E-state index in [0.29, 0.717) is 11.8 Å². The van der Waals surface area contributed by atoms with E-state index < -0.39 is 0 Å². The molecule has 0 aliphatic heterocycles. The average Bonchev–Trinajstić information content (AvgIpc) is 2.48. The molecule has 0 aliphatic rings. The Morgan fingerprint density at radius 2 is 0.640 bits per heavy atom. The zero-order chi connectivity index (χ0) is 12.1. The molecule has 6 nitrogen and oxygen atoms in total. The average molecular weight is 1020 g/mol. The van der Waals surface area contributed by atoms with E-state index in [1.165, 1.54) is 0 Å². The van der Waals surface area contributed by atoms with Crippen molar-refractivity contribution in [1.29, 1.82) is 0 Å². The fourth-order valence-electron chi connectivity index (χ4n) is 1.17. The van der Waals surface area contributed by atoms with Crippen LogP contribution in [0.2, 0.25) is 0 Å². The number of rotatable bonds is 0. The molecule has 0 aromatic carbocycles. The molecule has 2 heterocycles. The van der Waals surface area contributed by atoms with Gasteiger partial charge in [-0.1, -0.05) is 0 Å². The normalized spacial score (nSPS) is 6.12. The van der Waals surface area contributed by atoms with Crippen LogP contribution in [-0.2, 0) is 294 Å². The molecular weight excluding hydrogens is 1010 g/mol. The number of aryl methyl sites for hydroxylation is 5. The minimum atomic E-state index is 0. The van der Waals surface area contributed by atoms with Crippen molar-refractivity contribution in [3.8, 4) is 0 Å². The van der Waals surface area contributed by atoms with Crippen molar-refractivity contribution in [1.82, 2.24) is 25.1 Å².